The summed E-state index contributed by atoms with van der Waals surface area (Å²) in [5.74, 6) is 1.14. The molecule has 7 nitrogen and oxygen atoms in total. The molecule has 3 aliphatic heterocycles. The average molecular weight is 506 g/mol. The van der Waals surface area contributed by atoms with Crippen LogP contribution in [0.25, 0.3) is 0 Å². The molecule has 3 heterocycles. The molecule has 0 spiro atoms. The number of carbonyl (C=O) groups is 2. The number of halogens is 1. The van der Waals surface area contributed by atoms with E-state index in [-0.39, 0.29) is 17.7 Å². The van der Waals surface area contributed by atoms with E-state index in [0.717, 1.165) is 45.3 Å². The predicted octanol–water partition coefficient (Wildman–Crippen LogP) is 3.70. The number of rotatable bonds is 7. The molecule has 0 radical (unpaired) electrons. The molecule has 1 aromatic rings. The normalized spacial score (nSPS) is 24.6. The van der Waals surface area contributed by atoms with Crippen LogP contribution in [0.2, 0.25) is 5.02 Å². The van der Waals surface area contributed by atoms with Crippen LogP contribution in [-0.2, 0) is 14.3 Å². The number of hydrogen-bond donors (Lipinski definition) is 0. The summed E-state index contributed by atoms with van der Waals surface area (Å²) >= 11 is 6.16. The molecule has 1 atom stereocenters. The summed E-state index contributed by atoms with van der Waals surface area (Å²) in [6.07, 6.45) is 3.94. The van der Waals surface area contributed by atoms with E-state index in [0.29, 0.717) is 62.7 Å². The molecule has 0 N–H and O–H groups in total. The Hall–Kier alpha value is -1.83. The maximum atomic E-state index is 13.6. The van der Waals surface area contributed by atoms with Gasteiger partial charge in [-0.15, -0.1) is 0 Å². The number of hydrogen-bond acceptors (Lipinski definition) is 5. The van der Waals surface area contributed by atoms with Crippen LogP contribution >= 0.6 is 11.6 Å². The van der Waals surface area contributed by atoms with Gasteiger partial charge in [-0.2, -0.15) is 0 Å². The van der Waals surface area contributed by atoms with E-state index < -0.39 is 5.41 Å². The van der Waals surface area contributed by atoms with E-state index >= 15 is 0 Å². The van der Waals surface area contributed by atoms with Crippen molar-refractivity contribution >= 4 is 23.4 Å². The van der Waals surface area contributed by atoms with Crippen molar-refractivity contribution in [2.45, 2.75) is 52.0 Å². The molecule has 0 bridgehead atoms. The van der Waals surface area contributed by atoms with Gasteiger partial charge in [0.15, 0.2) is 0 Å². The second kappa shape index (κ2) is 11.9. The number of ether oxygens (including phenoxy) is 2. The van der Waals surface area contributed by atoms with Crippen molar-refractivity contribution in [2.75, 3.05) is 59.1 Å². The van der Waals surface area contributed by atoms with E-state index in [2.05, 4.69) is 18.7 Å². The molecule has 194 valence electrons. The minimum absolute atomic E-state index is 0.0737. The van der Waals surface area contributed by atoms with Crippen LogP contribution in [0.15, 0.2) is 24.3 Å². The quantitative estimate of drug-likeness (QED) is 0.565. The van der Waals surface area contributed by atoms with Crippen molar-refractivity contribution in [1.29, 1.82) is 0 Å². The summed E-state index contributed by atoms with van der Waals surface area (Å²) in [4.78, 5) is 33.2. The van der Waals surface area contributed by atoms with Gasteiger partial charge >= 0.3 is 0 Å². The van der Waals surface area contributed by atoms with Crippen LogP contribution in [0.3, 0.4) is 0 Å². The largest absolute Gasteiger partial charge is 0.493 e. The molecule has 35 heavy (non-hydrogen) atoms. The Labute approximate surface area is 214 Å². The zero-order valence-corrected chi connectivity index (χ0v) is 22.0. The molecule has 3 fully saturated rings. The second-order valence-electron chi connectivity index (χ2n) is 10.7. The Morgan fingerprint density at radius 1 is 1.11 bits per heavy atom. The highest BCUT2D eigenvalue weighted by Gasteiger charge is 2.42. The zero-order chi connectivity index (χ0) is 24.8. The Morgan fingerprint density at radius 2 is 1.86 bits per heavy atom. The van der Waals surface area contributed by atoms with Crippen molar-refractivity contribution < 1.29 is 19.1 Å². The molecule has 0 aromatic heterocycles. The third kappa shape index (κ3) is 6.89. The van der Waals surface area contributed by atoms with E-state index in [1.54, 1.807) is 6.07 Å². The van der Waals surface area contributed by atoms with Gasteiger partial charge in [-0.05, 0) is 70.8 Å². The highest BCUT2D eigenvalue weighted by Crippen LogP contribution is 2.37. The smallest absolute Gasteiger partial charge is 0.225 e. The molecule has 8 heteroatoms. The third-order valence-corrected chi connectivity index (χ3v) is 8.05. The molecule has 4 rings (SSSR count). The molecule has 1 aromatic carbocycles. The van der Waals surface area contributed by atoms with Crippen LogP contribution in [0.4, 0.5) is 0 Å². The topological polar surface area (TPSA) is 62.3 Å². The molecular formula is C27H40ClN3O4. The van der Waals surface area contributed by atoms with Crippen LogP contribution in [0.5, 0.6) is 5.75 Å². The van der Waals surface area contributed by atoms with Gasteiger partial charge in [0.1, 0.15) is 5.75 Å². The standard InChI is InChI=1S/C27H40ClN3O4/c1-21(2)29-11-7-22(8-12-29)26(33)31-10-4-9-27(19-31,18-25(32)30-13-15-34-16-14-30)20-35-24-6-3-5-23(28)17-24/h3,5-6,17,21-22H,4,7-16,18-20H2,1-2H3/t27-/m0/s1. The second-order valence-corrected chi connectivity index (χ2v) is 11.1. The first-order chi connectivity index (χ1) is 16.8. The van der Waals surface area contributed by atoms with E-state index in [1.807, 2.05) is 28.0 Å². The van der Waals surface area contributed by atoms with Gasteiger partial charge in [0.25, 0.3) is 0 Å². The lowest BCUT2D eigenvalue weighted by Gasteiger charge is -2.45. The van der Waals surface area contributed by atoms with Crippen LogP contribution in [-0.4, -0.2) is 91.6 Å². The van der Waals surface area contributed by atoms with E-state index in [4.69, 9.17) is 21.1 Å². The van der Waals surface area contributed by atoms with Crippen molar-refractivity contribution in [1.82, 2.24) is 14.7 Å². The van der Waals surface area contributed by atoms with Gasteiger partial charge in [-0.3, -0.25) is 9.59 Å². The molecule has 0 unspecified atom stereocenters. The van der Waals surface area contributed by atoms with Crippen LogP contribution < -0.4 is 4.74 Å². The first-order valence-electron chi connectivity index (χ1n) is 13.1. The number of likely N-dealkylation sites (tertiary alicyclic amines) is 2. The first kappa shape index (κ1) is 26.2. The Kier molecular flexibility index (Phi) is 8.95. The summed E-state index contributed by atoms with van der Waals surface area (Å²) in [7, 11) is 0. The monoisotopic (exact) mass is 505 g/mol. The molecule has 0 saturated carbocycles. The van der Waals surface area contributed by atoms with Crippen molar-refractivity contribution in [2.24, 2.45) is 11.3 Å². The van der Waals surface area contributed by atoms with Crippen molar-refractivity contribution in [3.05, 3.63) is 29.3 Å². The number of nitrogens with zero attached hydrogens (tertiary/aromatic N) is 3. The summed E-state index contributed by atoms with van der Waals surface area (Å²) in [5, 5.41) is 0.620. The Balaban J connectivity index is 1.46. The summed E-state index contributed by atoms with van der Waals surface area (Å²) in [5.41, 5.74) is -0.412. The molecular weight excluding hydrogens is 466 g/mol. The zero-order valence-electron chi connectivity index (χ0n) is 21.2. The highest BCUT2D eigenvalue weighted by atomic mass is 35.5. The Bertz CT molecular complexity index is 868. The number of benzene rings is 1. The molecule has 3 saturated heterocycles. The predicted molar refractivity (Wildman–Crippen MR) is 137 cm³/mol. The number of piperidine rings is 2. The summed E-state index contributed by atoms with van der Waals surface area (Å²) in [6, 6.07) is 7.88. The lowest BCUT2D eigenvalue weighted by Crippen LogP contribution is -2.53. The maximum Gasteiger partial charge on any atom is 0.225 e. The molecule has 3 aliphatic rings. The Morgan fingerprint density at radius 3 is 2.54 bits per heavy atom. The average Bonchev–Trinajstić information content (AvgIpc) is 2.88. The van der Waals surface area contributed by atoms with Crippen LogP contribution in [0, 0.1) is 11.3 Å². The van der Waals surface area contributed by atoms with Gasteiger partial charge in [-0.25, -0.2) is 0 Å². The number of amides is 2. The summed E-state index contributed by atoms with van der Waals surface area (Å²) < 4.78 is 11.6. The fourth-order valence-electron chi connectivity index (χ4n) is 5.67. The molecule has 2 amide bonds. The number of carbonyl (C=O) groups excluding carboxylic acids is 2. The van der Waals surface area contributed by atoms with Gasteiger partial charge in [0.05, 0.1) is 19.8 Å². The minimum Gasteiger partial charge on any atom is -0.493 e. The molecule has 0 aliphatic carbocycles. The lowest BCUT2D eigenvalue weighted by atomic mass is 9.76. The summed E-state index contributed by atoms with van der Waals surface area (Å²) in [6.45, 7) is 10.5. The van der Waals surface area contributed by atoms with E-state index in [9.17, 15) is 9.59 Å². The van der Waals surface area contributed by atoms with Gasteiger partial charge in [0.2, 0.25) is 11.8 Å². The van der Waals surface area contributed by atoms with Gasteiger partial charge in [-0.1, -0.05) is 17.7 Å². The van der Waals surface area contributed by atoms with Crippen molar-refractivity contribution in [3.8, 4) is 5.75 Å². The first-order valence-corrected chi connectivity index (χ1v) is 13.5. The number of morpholine rings is 1. The van der Waals surface area contributed by atoms with Gasteiger partial charge in [0, 0.05) is 55.0 Å². The van der Waals surface area contributed by atoms with Gasteiger partial charge < -0.3 is 24.2 Å². The highest BCUT2D eigenvalue weighted by molar-refractivity contribution is 6.30. The fraction of sp³-hybridized carbons (Fsp3) is 0.704. The van der Waals surface area contributed by atoms with Crippen LogP contribution in [0.1, 0.15) is 46.0 Å². The lowest BCUT2D eigenvalue weighted by molar-refractivity contribution is -0.146. The third-order valence-electron chi connectivity index (χ3n) is 7.81. The fourth-order valence-corrected chi connectivity index (χ4v) is 5.85. The van der Waals surface area contributed by atoms with Crippen molar-refractivity contribution in [3.63, 3.8) is 0 Å². The maximum absolute atomic E-state index is 13.6. The SMILES string of the molecule is CC(C)N1CCC(C(=O)N2CCC[C@](COc3cccc(Cl)c3)(CC(=O)N3CCOCC3)C2)CC1. The minimum atomic E-state index is -0.412. The van der Waals surface area contributed by atoms with E-state index in [1.165, 1.54) is 0 Å².